The van der Waals surface area contributed by atoms with E-state index in [2.05, 4.69) is 27.2 Å². The van der Waals surface area contributed by atoms with Crippen LogP contribution in [-0.4, -0.2) is 21.5 Å². The maximum atomic E-state index is 5.98. The Balaban J connectivity index is 1.92. The van der Waals surface area contributed by atoms with E-state index in [-0.39, 0.29) is 0 Å². The standard InChI is InChI=1S/C14H17ClN4/c1-2-3-13-18-12(15)10-14(19-13)17-9-6-11-4-7-16-8-5-11/h4-5,7-8,10H,2-3,6,9H2,1H3,(H,17,18,19). The van der Waals surface area contributed by atoms with E-state index in [9.17, 15) is 0 Å². The molecule has 0 aliphatic rings. The number of aromatic nitrogens is 3. The minimum absolute atomic E-state index is 0.491. The Kier molecular flexibility index (Phi) is 5.10. The summed E-state index contributed by atoms with van der Waals surface area (Å²) in [5.74, 6) is 1.58. The zero-order valence-electron chi connectivity index (χ0n) is 10.9. The first-order chi connectivity index (χ1) is 9.28. The summed E-state index contributed by atoms with van der Waals surface area (Å²) in [6, 6.07) is 5.78. The third-order valence-electron chi connectivity index (χ3n) is 2.68. The second-order valence-electron chi connectivity index (χ2n) is 4.27. The van der Waals surface area contributed by atoms with Gasteiger partial charge in [0, 0.05) is 31.4 Å². The van der Waals surface area contributed by atoms with Gasteiger partial charge < -0.3 is 5.32 Å². The molecule has 0 unspecified atom stereocenters. The number of nitrogens with one attached hydrogen (secondary N) is 1. The molecule has 0 atom stereocenters. The van der Waals surface area contributed by atoms with Crippen LogP contribution in [0, 0.1) is 0 Å². The van der Waals surface area contributed by atoms with Gasteiger partial charge in [-0.2, -0.15) is 0 Å². The lowest BCUT2D eigenvalue weighted by Crippen LogP contribution is -2.08. The number of anilines is 1. The van der Waals surface area contributed by atoms with Crippen molar-refractivity contribution in [1.82, 2.24) is 15.0 Å². The van der Waals surface area contributed by atoms with E-state index < -0.39 is 0 Å². The smallest absolute Gasteiger partial charge is 0.134 e. The van der Waals surface area contributed by atoms with Gasteiger partial charge in [0.2, 0.25) is 0 Å². The average Bonchev–Trinajstić information content (AvgIpc) is 2.40. The van der Waals surface area contributed by atoms with E-state index in [1.807, 2.05) is 12.1 Å². The molecule has 0 amide bonds. The molecular formula is C14H17ClN4. The van der Waals surface area contributed by atoms with E-state index in [4.69, 9.17) is 11.6 Å². The normalized spacial score (nSPS) is 10.4. The number of pyridine rings is 1. The molecular weight excluding hydrogens is 260 g/mol. The molecule has 0 aliphatic carbocycles. The topological polar surface area (TPSA) is 50.7 Å². The van der Waals surface area contributed by atoms with Crippen molar-refractivity contribution in [2.24, 2.45) is 0 Å². The van der Waals surface area contributed by atoms with Crippen molar-refractivity contribution in [3.63, 3.8) is 0 Å². The number of hydrogen-bond acceptors (Lipinski definition) is 4. The van der Waals surface area contributed by atoms with Crippen LogP contribution in [0.25, 0.3) is 0 Å². The summed E-state index contributed by atoms with van der Waals surface area (Å²) in [4.78, 5) is 12.6. The van der Waals surface area contributed by atoms with E-state index in [0.717, 1.165) is 37.4 Å². The summed E-state index contributed by atoms with van der Waals surface area (Å²) in [5.41, 5.74) is 1.25. The Labute approximate surface area is 118 Å². The quantitative estimate of drug-likeness (QED) is 0.824. The maximum absolute atomic E-state index is 5.98. The molecule has 19 heavy (non-hydrogen) atoms. The van der Waals surface area contributed by atoms with Gasteiger partial charge in [-0.05, 0) is 30.5 Å². The molecule has 0 saturated heterocycles. The van der Waals surface area contributed by atoms with Crippen molar-refractivity contribution in [3.05, 3.63) is 47.1 Å². The first-order valence-corrected chi connectivity index (χ1v) is 6.82. The van der Waals surface area contributed by atoms with E-state index >= 15 is 0 Å². The SMILES string of the molecule is CCCc1nc(Cl)cc(NCCc2ccncc2)n1. The molecule has 0 spiro atoms. The molecule has 0 fully saturated rings. The summed E-state index contributed by atoms with van der Waals surface area (Å²) in [6.07, 6.45) is 6.39. The molecule has 5 heteroatoms. The third kappa shape index (κ3) is 4.48. The Morgan fingerprint density at radius 3 is 2.68 bits per heavy atom. The number of rotatable bonds is 6. The van der Waals surface area contributed by atoms with Crippen molar-refractivity contribution in [2.45, 2.75) is 26.2 Å². The highest BCUT2D eigenvalue weighted by molar-refractivity contribution is 6.29. The number of nitrogens with zero attached hydrogens (tertiary/aromatic N) is 3. The molecule has 2 heterocycles. The Morgan fingerprint density at radius 2 is 1.95 bits per heavy atom. The van der Waals surface area contributed by atoms with Gasteiger partial charge in [0.05, 0.1) is 0 Å². The number of aryl methyl sites for hydroxylation is 1. The van der Waals surface area contributed by atoms with E-state index in [1.165, 1.54) is 5.56 Å². The second-order valence-corrected chi connectivity index (χ2v) is 4.66. The zero-order valence-corrected chi connectivity index (χ0v) is 11.7. The maximum Gasteiger partial charge on any atom is 0.134 e. The fourth-order valence-electron chi connectivity index (χ4n) is 1.78. The van der Waals surface area contributed by atoms with Crippen molar-refractivity contribution in [2.75, 3.05) is 11.9 Å². The van der Waals surface area contributed by atoms with Crippen LogP contribution >= 0.6 is 11.6 Å². The molecule has 0 aliphatic heterocycles. The fraction of sp³-hybridized carbons (Fsp3) is 0.357. The fourth-order valence-corrected chi connectivity index (χ4v) is 1.98. The summed E-state index contributed by atoms with van der Waals surface area (Å²) in [5, 5.41) is 3.77. The Morgan fingerprint density at radius 1 is 1.16 bits per heavy atom. The molecule has 0 saturated carbocycles. The summed E-state index contributed by atoms with van der Waals surface area (Å²) in [7, 11) is 0. The molecule has 4 nitrogen and oxygen atoms in total. The van der Waals surface area contributed by atoms with Crippen LogP contribution < -0.4 is 5.32 Å². The highest BCUT2D eigenvalue weighted by atomic mass is 35.5. The van der Waals surface area contributed by atoms with Gasteiger partial charge >= 0.3 is 0 Å². The van der Waals surface area contributed by atoms with Crippen molar-refractivity contribution in [1.29, 1.82) is 0 Å². The molecule has 0 aromatic carbocycles. The highest BCUT2D eigenvalue weighted by Gasteiger charge is 2.02. The van der Waals surface area contributed by atoms with Crippen LogP contribution in [-0.2, 0) is 12.8 Å². The van der Waals surface area contributed by atoms with Crippen LogP contribution in [0.2, 0.25) is 5.15 Å². The van der Waals surface area contributed by atoms with E-state index in [1.54, 1.807) is 18.5 Å². The zero-order chi connectivity index (χ0) is 13.5. The van der Waals surface area contributed by atoms with Gasteiger partial charge in [-0.1, -0.05) is 18.5 Å². The van der Waals surface area contributed by atoms with Crippen molar-refractivity contribution < 1.29 is 0 Å². The molecule has 2 rings (SSSR count). The minimum Gasteiger partial charge on any atom is -0.370 e. The average molecular weight is 277 g/mol. The third-order valence-corrected chi connectivity index (χ3v) is 2.88. The van der Waals surface area contributed by atoms with Crippen molar-refractivity contribution >= 4 is 17.4 Å². The Bertz CT molecular complexity index is 516. The summed E-state index contributed by atoms with van der Waals surface area (Å²) >= 11 is 5.98. The minimum atomic E-state index is 0.491. The van der Waals surface area contributed by atoms with Crippen LogP contribution in [0.15, 0.2) is 30.6 Å². The Hall–Kier alpha value is -1.68. The van der Waals surface area contributed by atoms with Crippen molar-refractivity contribution in [3.8, 4) is 0 Å². The predicted molar refractivity (Wildman–Crippen MR) is 77.5 cm³/mol. The van der Waals surface area contributed by atoms with Gasteiger partial charge in [-0.25, -0.2) is 9.97 Å². The number of halogens is 1. The van der Waals surface area contributed by atoms with Gasteiger partial charge in [-0.3, -0.25) is 4.98 Å². The van der Waals surface area contributed by atoms with Gasteiger partial charge in [0.1, 0.15) is 16.8 Å². The molecule has 2 aromatic heterocycles. The first kappa shape index (κ1) is 13.7. The van der Waals surface area contributed by atoms with Gasteiger partial charge in [0.15, 0.2) is 0 Å². The lowest BCUT2D eigenvalue weighted by Gasteiger charge is -2.07. The monoisotopic (exact) mass is 276 g/mol. The molecule has 100 valence electrons. The largest absolute Gasteiger partial charge is 0.370 e. The first-order valence-electron chi connectivity index (χ1n) is 6.44. The lowest BCUT2D eigenvalue weighted by molar-refractivity contribution is 0.833. The van der Waals surface area contributed by atoms with Crippen LogP contribution in [0.4, 0.5) is 5.82 Å². The summed E-state index contributed by atoms with van der Waals surface area (Å²) in [6.45, 7) is 2.91. The van der Waals surface area contributed by atoms with Gasteiger partial charge in [-0.15, -0.1) is 0 Å². The highest BCUT2D eigenvalue weighted by Crippen LogP contribution is 2.12. The van der Waals surface area contributed by atoms with E-state index in [0.29, 0.717) is 5.15 Å². The number of hydrogen-bond donors (Lipinski definition) is 1. The molecule has 0 bridgehead atoms. The molecule has 2 aromatic rings. The van der Waals surface area contributed by atoms with Crippen LogP contribution in [0.5, 0.6) is 0 Å². The summed E-state index contributed by atoms with van der Waals surface area (Å²) < 4.78 is 0. The predicted octanol–water partition coefficient (Wildman–Crippen LogP) is 3.13. The molecule has 0 radical (unpaired) electrons. The van der Waals surface area contributed by atoms with Crippen LogP contribution in [0.3, 0.4) is 0 Å². The molecule has 1 N–H and O–H groups in total. The van der Waals surface area contributed by atoms with Crippen LogP contribution in [0.1, 0.15) is 24.7 Å². The van der Waals surface area contributed by atoms with Gasteiger partial charge in [0.25, 0.3) is 0 Å². The second kappa shape index (κ2) is 7.04. The lowest BCUT2D eigenvalue weighted by atomic mass is 10.2.